The summed E-state index contributed by atoms with van der Waals surface area (Å²) in [5.74, 6) is -1.44. The minimum Gasteiger partial charge on any atom is -0.476 e. The monoisotopic (exact) mass is 302 g/mol. The van der Waals surface area contributed by atoms with E-state index in [0.29, 0.717) is 6.54 Å². The number of amides is 1. The molecule has 2 rings (SSSR count). The lowest BCUT2D eigenvalue weighted by molar-refractivity contribution is -0.123. The molecule has 0 radical (unpaired) electrons. The van der Waals surface area contributed by atoms with Gasteiger partial charge in [-0.2, -0.15) is 0 Å². The van der Waals surface area contributed by atoms with Crippen LogP contribution < -0.4 is 5.32 Å². The third-order valence-corrected chi connectivity index (χ3v) is 3.03. The Morgan fingerprint density at radius 3 is 2.41 bits per heavy atom. The van der Waals surface area contributed by atoms with Gasteiger partial charge in [0, 0.05) is 5.41 Å². The van der Waals surface area contributed by atoms with Crippen molar-refractivity contribution in [1.29, 1.82) is 0 Å². The third kappa shape index (κ3) is 3.49. The topological polar surface area (TPSA) is 97.1 Å². The second kappa shape index (κ2) is 5.97. The van der Waals surface area contributed by atoms with Gasteiger partial charge < -0.3 is 10.4 Å². The molecule has 0 saturated carbocycles. The average molecular weight is 302 g/mol. The number of nitrogens with zero attached hydrogens (tertiary/aromatic N) is 3. The van der Waals surface area contributed by atoms with E-state index in [-0.39, 0.29) is 17.4 Å². The number of carbonyl (C=O) groups excluding carboxylic acids is 1. The SMILES string of the molecule is CC(C)(C)C(=O)Nc1c(C(=O)O)nnn1Cc1ccccc1. The second-order valence-corrected chi connectivity index (χ2v) is 5.94. The maximum atomic E-state index is 12.1. The number of nitrogens with one attached hydrogen (secondary N) is 1. The van der Waals surface area contributed by atoms with Gasteiger partial charge in [0.2, 0.25) is 11.6 Å². The van der Waals surface area contributed by atoms with Crippen LogP contribution in [-0.2, 0) is 11.3 Å². The van der Waals surface area contributed by atoms with Gasteiger partial charge in [-0.3, -0.25) is 4.79 Å². The van der Waals surface area contributed by atoms with E-state index >= 15 is 0 Å². The summed E-state index contributed by atoms with van der Waals surface area (Å²) in [4.78, 5) is 23.4. The molecule has 2 N–H and O–H groups in total. The highest BCUT2D eigenvalue weighted by Gasteiger charge is 2.26. The molecule has 116 valence electrons. The third-order valence-electron chi connectivity index (χ3n) is 3.03. The van der Waals surface area contributed by atoms with Crippen LogP contribution in [-0.4, -0.2) is 32.0 Å². The lowest BCUT2D eigenvalue weighted by Crippen LogP contribution is -2.29. The number of carboxylic acid groups (broad SMARTS) is 1. The highest BCUT2D eigenvalue weighted by molar-refractivity contribution is 5.99. The smallest absolute Gasteiger partial charge is 0.360 e. The first-order valence-corrected chi connectivity index (χ1v) is 6.81. The van der Waals surface area contributed by atoms with Crippen LogP contribution in [0.5, 0.6) is 0 Å². The van der Waals surface area contributed by atoms with Gasteiger partial charge >= 0.3 is 5.97 Å². The van der Waals surface area contributed by atoms with Crippen LogP contribution in [0, 0.1) is 5.41 Å². The van der Waals surface area contributed by atoms with Gasteiger partial charge in [-0.1, -0.05) is 56.3 Å². The first-order valence-electron chi connectivity index (χ1n) is 6.81. The average Bonchev–Trinajstić information content (AvgIpc) is 2.82. The lowest BCUT2D eigenvalue weighted by Gasteiger charge is -2.18. The number of benzene rings is 1. The molecular formula is C15H18N4O3. The minimum absolute atomic E-state index is 0.0938. The van der Waals surface area contributed by atoms with Crippen molar-refractivity contribution in [2.75, 3.05) is 5.32 Å². The van der Waals surface area contributed by atoms with Crippen molar-refractivity contribution in [2.24, 2.45) is 5.41 Å². The maximum Gasteiger partial charge on any atom is 0.360 e. The van der Waals surface area contributed by atoms with Gasteiger partial charge in [0.05, 0.1) is 6.54 Å². The van der Waals surface area contributed by atoms with Crippen molar-refractivity contribution in [3.05, 3.63) is 41.6 Å². The van der Waals surface area contributed by atoms with E-state index in [9.17, 15) is 14.7 Å². The van der Waals surface area contributed by atoms with E-state index in [2.05, 4.69) is 15.6 Å². The maximum absolute atomic E-state index is 12.1. The highest BCUT2D eigenvalue weighted by Crippen LogP contribution is 2.20. The van der Waals surface area contributed by atoms with Crippen molar-refractivity contribution >= 4 is 17.7 Å². The summed E-state index contributed by atoms with van der Waals surface area (Å²) in [6.07, 6.45) is 0. The molecule has 0 fully saturated rings. The Morgan fingerprint density at radius 1 is 1.23 bits per heavy atom. The Labute approximate surface area is 128 Å². The van der Waals surface area contributed by atoms with Crippen molar-refractivity contribution in [3.63, 3.8) is 0 Å². The number of aromatic carboxylic acids is 1. The number of carboxylic acids is 1. The first-order chi connectivity index (χ1) is 10.3. The van der Waals surface area contributed by atoms with Crippen molar-refractivity contribution < 1.29 is 14.7 Å². The van der Waals surface area contributed by atoms with Gasteiger partial charge in [-0.25, -0.2) is 9.48 Å². The minimum atomic E-state index is -1.23. The zero-order chi connectivity index (χ0) is 16.3. The zero-order valence-corrected chi connectivity index (χ0v) is 12.7. The summed E-state index contributed by atoms with van der Waals surface area (Å²) in [5.41, 5.74) is 0.00146. The van der Waals surface area contributed by atoms with Crippen molar-refractivity contribution in [1.82, 2.24) is 15.0 Å². The molecule has 0 unspecified atom stereocenters. The van der Waals surface area contributed by atoms with Crippen LogP contribution in [0.3, 0.4) is 0 Å². The van der Waals surface area contributed by atoms with E-state index in [1.54, 1.807) is 20.8 Å². The molecule has 0 aliphatic heterocycles. The standard InChI is InChI=1S/C15H18N4O3/c1-15(2,3)14(22)16-12-11(13(20)21)17-18-19(12)9-10-7-5-4-6-8-10/h4-8H,9H2,1-3H3,(H,16,22)(H,20,21). The number of hydrogen-bond donors (Lipinski definition) is 2. The summed E-state index contributed by atoms with van der Waals surface area (Å²) >= 11 is 0. The molecule has 1 aromatic carbocycles. The molecule has 1 amide bonds. The Bertz CT molecular complexity index is 687. The number of carbonyl (C=O) groups is 2. The van der Waals surface area contributed by atoms with Crippen molar-refractivity contribution in [2.45, 2.75) is 27.3 Å². The molecule has 1 aromatic heterocycles. The molecule has 0 aliphatic rings. The Kier molecular flexibility index (Phi) is 4.25. The zero-order valence-electron chi connectivity index (χ0n) is 12.7. The number of anilines is 1. The molecule has 22 heavy (non-hydrogen) atoms. The van der Waals surface area contributed by atoms with Gasteiger partial charge in [0.15, 0.2) is 5.82 Å². The van der Waals surface area contributed by atoms with E-state index in [1.165, 1.54) is 4.68 Å². The second-order valence-electron chi connectivity index (χ2n) is 5.94. The molecule has 0 saturated heterocycles. The van der Waals surface area contributed by atoms with Crippen LogP contribution in [0.25, 0.3) is 0 Å². The number of rotatable bonds is 4. The number of aromatic nitrogens is 3. The van der Waals surface area contributed by atoms with E-state index in [1.807, 2.05) is 30.3 Å². The summed E-state index contributed by atoms with van der Waals surface area (Å²) < 4.78 is 1.38. The number of hydrogen-bond acceptors (Lipinski definition) is 4. The molecule has 0 spiro atoms. The van der Waals surface area contributed by atoms with E-state index in [0.717, 1.165) is 5.56 Å². The summed E-state index contributed by atoms with van der Waals surface area (Å²) in [5, 5.41) is 19.3. The molecule has 2 aromatic rings. The normalized spacial score (nSPS) is 11.2. The van der Waals surface area contributed by atoms with Crippen molar-refractivity contribution in [3.8, 4) is 0 Å². The molecule has 7 nitrogen and oxygen atoms in total. The fraction of sp³-hybridized carbons (Fsp3) is 0.333. The van der Waals surface area contributed by atoms with Gasteiger partial charge in [-0.15, -0.1) is 5.10 Å². The fourth-order valence-electron chi connectivity index (χ4n) is 1.74. The van der Waals surface area contributed by atoms with Crippen LogP contribution in [0.1, 0.15) is 36.8 Å². The Morgan fingerprint density at radius 2 is 1.86 bits per heavy atom. The van der Waals surface area contributed by atoms with E-state index in [4.69, 9.17) is 0 Å². The molecule has 0 bridgehead atoms. The Hall–Kier alpha value is -2.70. The lowest BCUT2D eigenvalue weighted by atomic mass is 9.96. The van der Waals surface area contributed by atoms with Gasteiger partial charge in [0.25, 0.3) is 0 Å². The van der Waals surface area contributed by atoms with E-state index < -0.39 is 11.4 Å². The van der Waals surface area contributed by atoms with Crippen LogP contribution in [0.2, 0.25) is 0 Å². The molecule has 1 heterocycles. The molecule has 7 heteroatoms. The predicted molar refractivity (Wildman–Crippen MR) is 80.6 cm³/mol. The Balaban J connectivity index is 2.35. The van der Waals surface area contributed by atoms with Gasteiger partial charge in [0.1, 0.15) is 0 Å². The largest absolute Gasteiger partial charge is 0.476 e. The quantitative estimate of drug-likeness (QED) is 0.900. The summed E-state index contributed by atoms with van der Waals surface area (Å²) in [7, 11) is 0. The molecule has 0 aliphatic carbocycles. The van der Waals surface area contributed by atoms with Crippen LogP contribution in [0.4, 0.5) is 5.82 Å². The fourth-order valence-corrected chi connectivity index (χ4v) is 1.74. The first kappa shape index (κ1) is 15.7. The highest BCUT2D eigenvalue weighted by atomic mass is 16.4. The van der Waals surface area contributed by atoms with Gasteiger partial charge in [-0.05, 0) is 5.56 Å². The summed E-state index contributed by atoms with van der Waals surface area (Å²) in [6, 6.07) is 9.40. The van der Waals surface area contributed by atoms with Crippen LogP contribution in [0.15, 0.2) is 30.3 Å². The summed E-state index contributed by atoms with van der Waals surface area (Å²) in [6.45, 7) is 5.55. The van der Waals surface area contributed by atoms with Crippen LogP contribution >= 0.6 is 0 Å². The predicted octanol–water partition coefficient (Wildman–Crippen LogP) is 2.01. The molecule has 0 atom stereocenters. The molecular weight excluding hydrogens is 284 g/mol.